The maximum Gasteiger partial charge on any atom is 0.325 e. The molecular formula is C18H25ClN4O4. The van der Waals surface area contributed by atoms with Crippen LogP contribution < -0.4 is 21.1 Å². The molecule has 9 heteroatoms. The minimum absolute atomic E-state index is 0. The van der Waals surface area contributed by atoms with Gasteiger partial charge in [0.05, 0.1) is 7.11 Å². The van der Waals surface area contributed by atoms with Crippen LogP contribution in [0.5, 0.6) is 5.75 Å². The molecule has 0 bridgehead atoms. The Labute approximate surface area is 164 Å². The second-order valence-electron chi connectivity index (χ2n) is 6.98. The lowest BCUT2D eigenvalue weighted by Gasteiger charge is -2.22. The van der Waals surface area contributed by atoms with Crippen molar-refractivity contribution in [3.8, 4) is 5.75 Å². The van der Waals surface area contributed by atoms with Crippen molar-refractivity contribution in [3.05, 3.63) is 29.8 Å². The normalized spacial score (nSPS) is 22.7. The number of rotatable bonds is 7. The summed E-state index contributed by atoms with van der Waals surface area (Å²) in [6, 6.07) is 6.20. The van der Waals surface area contributed by atoms with E-state index >= 15 is 0 Å². The van der Waals surface area contributed by atoms with Gasteiger partial charge >= 0.3 is 6.03 Å². The van der Waals surface area contributed by atoms with Crippen LogP contribution in [0.25, 0.3) is 0 Å². The summed E-state index contributed by atoms with van der Waals surface area (Å²) in [6.45, 7) is 1.65. The van der Waals surface area contributed by atoms with Gasteiger partial charge in [0, 0.05) is 12.6 Å². The first-order valence-corrected chi connectivity index (χ1v) is 8.66. The summed E-state index contributed by atoms with van der Waals surface area (Å²) >= 11 is 0. The van der Waals surface area contributed by atoms with Crippen molar-refractivity contribution in [1.82, 2.24) is 15.5 Å². The smallest absolute Gasteiger partial charge is 0.325 e. The second-order valence-corrected chi connectivity index (χ2v) is 6.98. The molecule has 1 aliphatic heterocycles. The zero-order valence-electron chi connectivity index (χ0n) is 15.4. The quantitative estimate of drug-likeness (QED) is 0.588. The predicted octanol–water partition coefficient (Wildman–Crippen LogP) is 0.738. The number of ether oxygens (including phenoxy) is 1. The van der Waals surface area contributed by atoms with Crippen molar-refractivity contribution in [2.24, 2.45) is 11.7 Å². The van der Waals surface area contributed by atoms with Gasteiger partial charge in [-0.15, -0.1) is 12.4 Å². The molecule has 4 N–H and O–H groups in total. The Morgan fingerprint density at radius 1 is 1.37 bits per heavy atom. The fourth-order valence-corrected chi connectivity index (χ4v) is 3.08. The van der Waals surface area contributed by atoms with Gasteiger partial charge in [0.15, 0.2) is 0 Å². The highest BCUT2D eigenvalue weighted by Gasteiger charge is 2.49. The molecule has 1 aliphatic carbocycles. The van der Waals surface area contributed by atoms with E-state index in [1.807, 2.05) is 0 Å². The number of hydrogen-bond donors (Lipinski definition) is 3. The van der Waals surface area contributed by atoms with Crippen molar-refractivity contribution >= 4 is 30.3 Å². The minimum atomic E-state index is -1.21. The molecular weight excluding hydrogens is 372 g/mol. The van der Waals surface area contributed by atoms with Crippen LogP contribution in [0, 0.1) is 5.92 Å². The monoisotopic (exact) mass is 396 g/mol. The third-order valence-corrected chi connectivity index (χ3v) is 5.01. The highest BCUT2D eigenvalue weighted by molar-refractivity contribution is 6.09. The maximum absolute atomic E-state index is 12.8. The fraction of sp³-hybridized carbons (Fsp3) is 0.500. The van der Waals surface area contributed by atoms with Gasteiger partial charge in [-0.1, -0.05) is 12.1 Å². The third kappa shape index (κ3) is 4.33. The summed E-state index contributed by atoms with van der Waals surface area (Å²) in [6.07, 6.45) is 2.18. The summed E-state index contributed by atoms with van der Waals surface area (Å²) in [5, 5.41) is 5.37. The van der Waals surface area contributed by atoms with Gasteiger partial charge < -0.3 is 21.1 Å². The van der Waals surface area contributed by atoms with Crippen molar-refractivity contribution in [2.45, 2.75) is 31.3 Å². The summed E-state index contributed by atoms with van der Waals surface area (Å²) in [7, 11) is 1.55. The highest BCUT2D eigenvalue weighted by Crippen LogP contribution is 2.31. The highest BCUT2D eigenvalue weighted by atomic mass is 35.5. The van der Waals surface area contributed by atoms with Crippen molar-refractivity contribution in [1.29, 1.82) is 0 Å². The zero-order valence-corrected chi connectivity index (χ0v) is 16.2. The van der Waals surface area contributed by atoms with Crippen LogP contribution in [0.1, 0.15) is 25.3 Å². The van der Waals surface area contributed by atoms with Crippen LogP contribution >= 0.6 is 12.4 Å². The molecule has 4 amide bonds. The molecule has 1 aromatic carbocycles. The minimum Gasteiger partial charge on any atom is -0.497 e. The van der Waals surface area contributed by atoms with Gasteiger partial charge in [-0.05, 0) is 43.4 Å². The number of hydrogen-bond acceptors (Lipinski definition) is 5. The second kappa shape index (κ2) is 8.14. The Morgan fingerprint density at radius 2 is 2.00 bits per heavy atom. The van der Waals surface area contributed by atoms with Gasteiger partial charge in [0.2, 0.25) is 5.91 Å². The summed E-state index contributed by atoms with van der Waals surface area (Å²) < 4.78 is 5.11. The Balaban J connectivity index is 0.00000261. The molecule has 148 valence electrons. The van der Waals surface area contributed by atoms with Gasteiger partial charge in [0.1, 0.15) is 17.8 Å². The van der Waals surface area contributed by atoms with Crippen LogP contribution in [-0.2, 0) is 15.1 Å². The number of carbonyl (C=O) groups is 3. The molecule has 2 atom stereocenters. The zero-order chi connectivity index (χ0) is 18.9. The van der Waals surface area contributed by atoms with E-state index in [-0.39, 0.29) is 25.0 Å². The first kappa shape index (κ1) is 21.0. The van der Waals surface area contributed by atoms with Crippen LogP contribution in [0.2, 0.25) is 0 Å². The van der Waals surface area contributed by atoms with E-state index in [4.69, 9.17) is 10.5 Å². The van der Waals surface area contributed by atoms with E-state index in [1.54, 1.807) is 38.3 Å². The Morgan fingerprint density at radius 3 is 2.56 bits per heavy atom. The molecule has 1 aromatic rings. The SMILES string of the molecule is COc1ccc(C2(C)NC(=O)N(CC(=O)NCC(N)C3CC3)C2=O)cc1.Cl. The first-order chi connectivity index (χ1) is 12.3. The molecule has 0 aromatic heterocycles. The van der Waals surface area contributed by atoms with Crippen LogP contribution in [-0.4, -0.2) is 49.0 Å². The fourth-order valence-electron chi connectivity index (χ4n) is 3.08. The Hall–Kier alpha value is -2.32. The van der Waals surface area contributed by atoms with Gasteiger partial charge in [0.25, 0.3) is 5.91 Å². The molecule has 1 saturated heterocycles. The van der Waals surface area contributed by atoms with Crippen molar-refractivity contribution in [2.75, 3.05) is 20.2 Å². The maximum atomic E-state index is 12.8. The van der Waals surface area contributed by atoms with Gasteiger partial charge in [-0.25, -0.2) is 4.79 Å². The number of nitrogens with one attached hydrogen (secondary N) is 2. The lowest BCUT2D eigenvalue weighted by Crippen LogP contribution is -2.45. The number of benzene rings is 1. The number of methoxy groups -OCH3 is 1. The van der Waals surface area contributed by atoms with E-state index in [9.17, 15) is 14.4 Å². The van der Waals surface area contributed by atoms with E-state index in [2.05, 4.69) is 10.6 Å². The summed E-state index contributed by atoms with van der Waals surface area (Å²) in [4.78, 5) is 38.1. The molecule has 2 aliphatic rings. The molecule has 2 fully saturated rings. The molecule has 2 unspecified atom stereocenters. The van der Waals surface area contributed by atoms with Crippen LogP contribution in [0.4, 0.5) is 4.79 Å². The number of imide groups is 1. The first-order valence-electron chi connectivity index (χ1n) is 8.66. The summed E-state index contributed by atoms with van der Waals surface area (Å²) in [5.74, 6) is 0.251. The lowest BCUT2D eigenvalue weighted by atomic mass is 9.92. The topological polar surface area (TPSA) is 114 Å². The number of nitrogens with zero attached hydrogens (tertiary/aromatic N) is 1. The Bertz CT molecular complexity index is 723. The number of urea groups is 1. The van der Waals surface area contributed by atoms with Crippen molar-refractivity contribution in [3.63, 3.8) is 0 Å². The molecule has 3 rings (SSSR count). The number of carbonyl (C=O) groups excluding carboxylic acids is 3. The molecule has 1 heterocycles. The molecule has 0 radical (unpaired) electrons. The average molecular weight is 397 g/mol. The standard InChI is InChI=1S/C18H24N4O4.ClH/c1-18(12-5-7-13(26-2)8-6-12)16(24)22(17(25)21-18)10-15(23)20-9-14(19)11-3-4-11;/h5-8,11,14H,3-4,9-10,19H2,1-2H3,(H,20,23)(H,21,25);1H. The van der Waals surface area contributed by atoms with Crippen molar-refractivity contribution < 1.29 is 19.1 Å². The van der Waals surface area contributed by atoms with E-state index in [0.29, 0.717) is 23.8 Å². The van der Waals surface area contributed by atoms with Crippen LogP contribution in [0.3, 0.4) is 0 Å². The number of halogens is 1. The molecule has 1 saturated carbocycles. The van der Waals surface area contributed by atoms with Gasteiger partial charge in [-0.2, -0.15) is 0 Å². The molecule has 27 heavy (non-hydrogen) atoms. The third-order valence-electron chi connectivity index (χ3n) is 5.01. The Kier molecular flexibility index (Phi) is 6.33. The molecule has 8 nitrogen and oxygen atoms in total. The van der Waals surface area contributed by atoms with E-state index in [0.717, 1.165) is 17.7 Å². The van der Waals surface area contributed by atoms with Crippen LogP contribution in [0.15, 0.2) is 24.3 Å². The largest absolute Gasteiger partial charge is 0.497 e. The van der Waals surface area contributed by atoms with E-state index < -0.39 is 23.4 Å². The molecule has 0 spiro atoms. The number of amides is 4. The van der Waals surface area contributed by atoms with E-state index in [1.165, 1.54) is 0 Å². The number of nitrogens with two attached hydrogens (primary N) is 1. The predicted molar refractivity (Wildman–Crippen MR) is 102 cm³/mol. The summed E-state index contributed by atoms with van der Waals surface area (Å²) in [5.41, 5.74) is 5.35. The average Bonchev–Trinajstić information content (AvgIpc) is 3.45. The van der Waals surface area contributed by atoms with Gasteiger partial charge in [-0.3, -0.25) is 14.5 Å². The lowest BCUT2D eigenvalue weighted by molar-refractivity contribution is -0.134.